The Hall–Kier alpha value is -0.153. The van der Waals surface area contributed by atoms with Crippen LogP contribution in [0, 0.1) is 10.4 Å². The van der Waals surface area contributed by atoms with E-state index in [2.05, 4.69) is 25.3 Å². The average Bonchev–Trinajstić information content (AvgIpc) is 2.28. The van der Waals surface area contributed by atoms with Crippen LogP contribution in [0.15, 0.2) is 58.8 Å². The third-order valence-electron chi connectivity index (χ3n) is 1.61. The summed E-state index contributed by atoms with van der Waals surface area (Å²) in [6, 6.07) is 10.1. The third-order valence-corrected chi connectivity index (χ3v) is 2.30. The molecule has 0 amide bonds. The number of hydrogen-bond donors (Lipinski definition) is 2. The minimum absolute atomic E-state index is 0. The summed E-state index contributed by atoms with van der Waals surface area (Å²) in [5.74, 6) is 0. The predicted molar refractivity (Wildman–Crippen MR) is 65.3 cm³/mol. The zero-order chi connectivity index (χ0) is 12.0. The molecule has 88 valence electrons. The van der Waals surface area contributed by atoms with E-state index >= 15 is 0 Å². The van der Waals surface area contributed by atoms with Crippen molar-refractivity contribution >= 4 is 25.3 Å². The van der Waals surface area contributed by atoms with Gasteiger partial charge in [-0.3, -0.25) is 0 Å². The summed E-state index contributed by atoms with van der Waals surface area (Å²) in [4.78, 5) is 0. The van der Waals surface area contributed by atoms with Gasteiger partial charge in [0.15, 0.2) is 12.4 Å². The summed E-state index contributed by atoms with van der Waals surface area (Å²) >= 11 is 7.70. The van der Waals surface area contributed by atoms with Gasteiger partial charge in [-0.15, -0.1) is 0 Å². The molecule has 0 fully saturated rings. The van der Waals surface area contributed by atoms with Crippen molar-refractivity contribution in [3.63, 3.8) is 0 Å². The van der Waals surface area contributed by atoms with E-state index < -0.39 is 0 Å². The molecule has 0 spiro atoms. The van der Waals surface area contributed by atoms with Crippen LogP contribution < -0.4 is 9.46 Å². The van der Waals surface area contributed by atoms with E-state index in [0.717, 1.165) is 0 Å². The number of aromatic nitrogens is 2. The van der Waals surface area contributed by atoms with Crippen LogP contribution in [0.5, 0.6) is 0 Å². The summed E-state index contributed by atoms with van der Waals surface area (Å²) in [7, 11) is 0. The Morgan fingerprint density at radius 3 is 1.22 bits per heavy atom. The van der Waals surface area contributed by atoms with Crippen molar-refractivity contribution < 1.29 is 48.4 Å². The fourth-order valence-electron chi connectivity index (χ4n) is 0.839. The van der Waals surface area contributed by atoms with E-state index in [1.54, 1.807) is 36.4 Å². The van der Waals surface area contributed by atoms with Crippen LogP contribution in [0.1, 0.15) is 0 Å². The van der Waals surface area contributed by atoms with Gasteiger partial charge in [0.25, 0.3) is 0 Å². The summed E-state index contributed by atoms with van der Waals surface area (Å²) in [5, 5.41) is 21.8. The molecule has 2 rings (SSSR count). The zero-order valence-corrected chi connectivity index (χ0v) is 17.4. The Bertz CT molecular complexity index is 390. The Kier molecular flexibility index (Phi) is 12.0. The molecular formula is C10H10N2O2S2Zn2. The van der Waals surface area contributed by atoms with E-state index in [-0.39, 0.29) is 39.0 Å². The SMILES string of the molecule is [O-][n+]1ccccc1S.[O-][n+]1ccccc1S.[Zn].[Zn]. The minimum Gasteiger partial charge on any atom is -0.618 e. The van der Waals surface area contributed by atoms with Gasteiger partial charge in [-0.1, -0.05) is 25.3 Å². The molecule has 0 aliphatic carbocycles. The second-order valence-electron chi connectivity index (χ2n) is 2.77. The molecule has 8 heteroatoms. The first kappa shape index (κ1) is 20.2. The molecule has 0 aliphatic rings. The van der Waals surface area contributed by atoms with Gasteiger partial charge in [-0.05, 0) is 12.1 Å². The van der Waals surface area contributed by atoms with Crippen molar-refractivity contribution in [1.82, 2.24) is 0 Å². The van der Waals surface area contributed by atoms with Gasteiger partial charge in [0, 0.05) is 63.2 Å². The number of nitrogens with zero attached hydrogens (tertiary/aromatic N) is 2. The largest absolute Gasteiger partial charge is 0.618 e. The Labute approximate surface area is 142 Å². The molecule has 0 bridgehead atoms. The first-order valence-corrected chi connectivity index (χ1v) is 5.25. The maximum Gasteiger partial charge on any atom is 0.248 e. The van der Waals surface area contributed by atoms with Crippen molar-refractivity contribution in [1.29, 1.82) is 0 Å². The molecule has 4 nitrogen and oxygen atoms in total. The van der Waals surface area contributed by atoms with E-state index in [1.807, 2.05) is 0 Å². The van der Waals surface area contributed by atoms with Gasteiger partial charge in [-0.2, -0.15) is 9.46 Å². The molecule has 18 heavy (non-hydrogen) atoms. The first-order chi connectivity index (χ1) is 7.61. The third kappa shape index (κ3) is 7.32. The molecule has 0 N–H and O–H groups in total. The van der Waals surface area contributed by atoms with Crippen LogP contribution >= 0.6 is 25.3 Å². The van der Waals surface area contributed by atoms with Gasteiger partial charge < -0.3 is 10.4 Å². The predicted octanol–water partition coefficient (Wildman–Crippen LogP) is 1.21. The molecule has 2 aromatic rings. The van der Waals surface area contributed by atoms with E-state index in [0.29, 0.717) is 19.5 Å². The van der Waals surface area contributed by atoms with E-state index in [9.17, 15) is 10.4 Å². The Balaban J connectivity index is 0. The van der Waals surface area contributed by atoms with Crippen LogP contribution in [0.3, 0.4) is 0 Å². The van der Waals surface area contributed by atoms with Gasteiger partial charge >= 0.3 is 0 Å². The van der Waals surface area contributed by atoms with Crippen LogP contribution in [0.25, 0.3) is 0 Å². The number of rotatable bonds is 0. The van der Waals surface area contributed by atoms with Crippen molar-refractivity contribution in [2.45, 2.75) is 10.1 Å². The normalized spacial score (nSPS) is 8.11. The summed E-state index contributed by atoms with van der Waals surface area (Å²) < 4.78 is 1.40. The zero-order valence-electron chi connectivity index (χ0n) is 9.64. The Morgan fingerprint density at radius 1 is 0.722 bits per heavy atom. The molecule has 0 unspecified atom stereocenters. The molecule has 2 heterocycles. The van der Waals surface area contributed by atoms with Crippen molar-refractivity contribution in [2.75, 3.05) is 0 Å². The molecule has 2 aromatic heterocycles. The maximum atomic E-state index is 10.5. The van der Waals surface area contributed by atoms with Gasteiger partial charge in [-0.25, -0.2) is 0 Å². The average molecular weight is 385 g/mol. The van der Waals surface area contributed by atoms with Gasteiger partial charge in [0.05, 0.1) is 0 Å². The molecule has 0 aliphatic heterocycles. The molecule has 0 aromatic carbocycles. The standard InChI is InChI=1S/2C5H5NOS.2Zn/c2*7-6-4-2-1-3-5(6)8;;/h2*1-4,8H;;. The number of thiol groups is 2. The summed E-state index contributed by atoms with van der Waals surface area (Å²) in [6.07, 6.45) is 2.81. The molecule has 0 saturated carbocycles. The van der Waals surface area contributed by atoms with Crippen LogP contribution in [0.2, 0.25) is 0 Å². The Morgan fingerprint density at radius 2 is 1.06 bits per heavy atom. The van der Waals surface area contributed by atoms with Crippen molar-refractivity contribution in [2.24, 2.45) is 0 Å². The molecule has 0 atom stereocenters. The fourth-order valence-corrected chi connectivity index (χ4v) is 1.14. The number of pyridine rings is 2. The second-order valence-corrected chi connectivity index (χ2v) is 3.69. The molecule has 0 saturated heterocycles. The topological polar surface area (TPSA) is 53.9 Å². The second kappa shape index (κ2) is 10.7. The summed E-state index contributed by atoms with van der Waals surface area (Å²) in [6.45, 7) is 0. The smallest absolute Gasteiger partial charge is 0.248 e. The fraction of sp³-hybridized carbons (Fsp3) is 0. The van der Waals surface area contributed by atoms with Crippen LogP contribution in [0.4, 0.5) is 0 Å². The van der Waals surface area contributed by atoms with E-state index in [4.69, 9.17) is 0 Å². The van der Waals surface area contributed by atoms with Crippen molar-refractivity contribution in [3.8, 4) is 0 Å². The quantitative estimate of drug-likeness (QED) is 0.310. The molecular weight excluding hydrogens is 375 g/mol. The first-order valence-electron chi connectivity index (χ1n) is 4.35. The monoisotopic (exact) mass is 382 g/mol. The van der Waals surface area contributed by atoms with Crippen LogP contribution in [-0.4, -0.2) is 0 Å². The van der Waals surface area contributed by atoms with Gasteiger partial charge in [0.1, 0.15) is 0 Å². The minimum atomic E-state index is 0. The number of hydrogen-bond acceptors (Lipinski definition) is 4. The van der Waals surface area contributed by atoms with Gasteiger partial charge in [0.2, 0.25) is 10.1 Å². The van der Waals surface area contributed by atoms with Crippen LogP contribution in [-0.2, 0) is 39.0 Å². The molecule has 0 radical (unpaired) electrons. The van der Waals surface area contributed by atoms with E-state index in [1.165, 1.54) is 12.4 Å². The summed E-state index contributed by atoms with van der Waals surface area (Å²) in [5.41, 5.74) is 0. The van der Waals surface area contributed by atoms with Crippen molar-refractivity contribution in [3.05, 3.63) is 59.2 Å². The maximum absolute atomic E-state index is 10.5.